The molecule has 0 radical (unpaired) electrons. The Morgan fingerprint density at radius 2 is 2.12 bits per heavy atom. The van der Waals surface area contributed by atoms with Gasteiger partial charge < -0.3 is 0 Å². The van der Waals surface area contributed by atoms with Gasteiger partial charge in [0.15, 0.2) is 0 Å². The molecule has 0 aliphatic carbocycles. The molecule has 1 atom stereocenters. The van der Waals surface area contributed by atoms with Crippen molar-refractivity contribution in [2.75, 3.05) is 18.4 Å². The SMILES string of the molecule is Cc1nnc(NC(=O)C(C)N2CCCC2)s1. The first-order valence-electron chi connectivity index (χ1n) is 5.52. The minimum Gasteiger partial charge on any atom is -0.299 e. The molecule has 16 heavy (non-hydrogen) atoms. The maximum absolute atomic E-state index is 11.9. The van der Waals surface area contributed by atoms with Gasteiger partial charge in [0.2, 0.25) is 11.0 Å². The maximum Gasteiger partial charge on any atom is 0.243 e. The van der Waals surface area contributed by atoms with Gasteiger partial charge >= 0.3 is 0 Å². The van der Waals surface area contributed by atoms with E-state index >= 15 is 0 Å². The quantitative estimate of drug-likeness (QED) is 0.864. The van der Waals surface area contributed by atoms with E-state index in [4.69, 9.17) is 0 Å². The number of rotatable bonds is 3. The van der Waals surface area contributed by atoms with Gasteiger partial charge in [0, 0.05) is 0 Å². The summed E-state index contributed by atoms with van der Waals surface area (Å²) in [5, 5.41) is 12.0. The van der Waals surface area contributed by atoms with Crippen LogP contribution in [-0.2, 0) is 4.79 Å². The van der Waals surface area contributed by atoms with Crippen molar-refractivity contribution in [1.82, 2.24) is 15.1 Å². The van der Waals surface area contributed by atoms with Crippen molar-refractivity contribution in [3.05, 3.63) is 5.01 Å². The summed E-state index contributed by atoms with van der Waals surface area (Å²) < 4.78 is 0. The second-order valence-corrected chi connectivity index (χ2v) is 5.22. The smallest absolute Gasteiger partial charge is 0.243 e. The maximum atomic E-state index is 11.9. The second-order valence-electron chi connectivity index (χ2n) is 4.03. The highest BCUT2D eigenvalue weighted by molar-refractivity contribution is 7.15. The molecule has 0 saturated carbocycles. The molecule has 1 aromatic rings. The van der Waals surface area contributed by atoms with E-state index in [1.807, 2.05) is 13.8 Å². The van der Waals surface area contributed by atoms with Crippen molar-refractivity contribution in [1.29, 1.82) is 0 Å². The van der Waals surface area contributed by atoms with Crippen molar-refractivity contribution in [3.8, 4) is 0 Å². The Morgan fingerprint density at radius 1 is 1.44 bits per heavy atom. The number of anilines is 1. The molecule has 0 spiro atoms. The molecule has 2 heterocycles. The highest BCUT2D eigenvalue weighted by Gasteiger charge is 2.24. The Morgan fingerprint density at radius 3 is 2.69 bits per heavy atom. The average Bonchev–Trinajstić information content (AvgIpc) is 2.88. The lowest BCUT2D eigenvalue weighted by atomic mass is 10.3. The molecule has 0 bridgehead atoms. The lowest BCUT2D eigenvalue weighted by molar-refractivity contribution is -0.120. The third-order valence-electron chi connectivity index (χ3n) is 2.82. The van der Waals surface area contributed by atoms with Crippen molar-refractivity contribution in [3.63, 3.8) is 0 Å². The number of hydrogen-bond acceptors (Lipinski definition) is 5. The van der Waals surface area contributed by atoms with Crippen LogP contribution in [0.4, 0.5) is 5.13 Å². The second kappa shape index (κ2) is 4.88. The van der Waals surface area contributed by atoms with Crippen LogP contribution in [0.15, 0.2) is 0 Å². The fraction of sp³-hybridized carbons (Fsp3) is 0.700. The van der Waals surface area contributed by atoms with Gasteiger partial charge in [0.1, 0.15) is 5.01 Å². The number of carbonyl (C=O) groups excluding carboxylic acids is 1. The highest BCUT2D eigenvalue weighted by atomic mass is 32.1. The lowest BCUT2D eigenvalue weighted by Crippen LogP contribution is -2.40. The molecular formula is C10H16N4OS. The molecule has 2 rings (SSSR count). The lowest BCUT2D eigenvalue weighted by Gasteiger charge is -2.21. The fourth-order valence-corrected chi connectivity index (χ4v) is 2.45. The number of nitrogens with zero attached hydrogens (tertiary/aromatic N) is 3. The Balaban J connectivity index is 1.92. The third-order valence-corrected chi connectivity index (χ3v) is 3.58. The summed E-state index contributed by atoms with van der Waals surface area (Å²) in [6, 6.07) is -0.0771. The van der Waals surface area contributed by atoms with E-state index in [1.54, 1.807) is 0 Å². The molecule has 1 aliphatic heterocycles. The first-order valence-corrected chi connectivity index (χ1v) is 6.33. The van der Waals surface area contributed by atoms with Crippen molar-refractivity contribution in [2.45, 2.75) is 32.7 Å². The van der Waals surface area contributed by atoms with Gasteiger partial charge in [0.05, 0.1) is 6.04 Å². The van der Waals surface area contributed by atoms with Gasteiger partial charge in [-0.05, 0) is 39.8 Å². The van der Waals surface area contributed by atoms with Gasteiger partial charge in [-0.2, -0.15) is 0 Å². The molecular weight excluding hydrogens is 224 g/mol. The largest absolute Gasteiger partial charge is 0.299 e. The summed E-state index contributed by atoms with van der Waals surface area (Å²) in [7, 11) is 0. The van der Waals surface area contributed by atoms with Crippen LogP contribution in [0.25, 0.3) is 0 Å². The average molecular weight is 240 g/mol. The topological polar surface area (TPSA) is 58.1 Å². The normalized spacial score (nSPS) is 18.6. The zero-order valence-electron chi connectivity index (χ0n) is 9.56. The summed E-state index contributed by atoms with van der Waals surface area (Å²) in [5.74, 6) is 0.0121. The monoisotopic (exact) mass is 240 g/mol. The van der Waals surface area contributed by atoms with Crippen molar-refractivity contribution < 1.29 is 4.79 Å². The first-order chi connectivity index (χ1) is 7.66. The Labute approximate surface area is 98.9 Å². The zero-order chi connectivity index (χ0) is 11.5. The molecule has 1 aromatic heterocycles. The van der Waals surface area contributed by atoms with E-state index in [0.717, 1.165) is 18.1 Å². The van der Waals surface area contributed by atoms with Crippen LogP contribution in [0.1, 0.15) is 24.8 Å². The molecule has 1 fully saturated rings. The Bertz CT molecular complexity index is 373. The van der Waals surface area contributed by atoms with E-state index in [0.29, 0.717) is 5.13 Å². The van der Waals surface area contributed by atoms with E-state index < -0.39 is 0 Å². The predicted molar refractivity (Wildman–Crippen MR) is 63.5 cm³/mol. The first kappa shape index (κ1) is 11.5. The Hall–Kier alpha value is -1.01. The highest BCUT2D eigenvalue weighted by Crippen LogP contribution is 2.16. The zero-order valence-corrected chi connectivity index (χ0v) is 10.4. The van der Waals surface area contributed by atoms with E-state index in [-0.39, 0.29) is 11.9 Å². The van der Waals surface area contributed by atoms with Crippen LogP contribution in [-0.4, -0.2) is 40.1 Å². The predicted octanol–water partition coefficient (Wildman–Crippen LogP) is 1.27. The number of likely N-dealkylation sites (tertiary alicyclic amines) is 1. The van der Waals surface area contributed by atoms with E-state index in [2.05, 4.69) is 20.4 Å². The molecule has 88 valence electrons. The molecule has 6 heteroatoms. The Kier molecular flexibility index (Phi) is 3.50. The van der Waals surface area contributed by atoms with Gasteiger partial charge in [-0.1, -0.05) is 11.3 Å². The van der Waals surface area contributed by atoms with Crippen LogP contribution >= 0.6 is 11.3 Å². The van der Waals surface area contributed by atoms with E-state index in [1.165, 1.54) is 24.2 Å². The summed E-state index contributed by atoms with van der Waals surface area (Å²) >= 11 is 1.40. The van der Waals surface area contributed by atoms with Crippen molar-refractivity contribution in [2.24, 2.45) is 0 Å². The number of amides is 1. The van der Waals surface area contributed by atoms with Crippen molar-refractivity contribution >= 4 is 22.4 Å². The molecule has 5 nitrogen and oxygen atoms in total. The number of nitrogens with one attached hydrogen (secondary N) is 1. The molecule has 1 aliphatic rings. The fourth-order valence-electron chi connectivity index (χ4n) is 1.85. The number of carbonyl (C=O) groups is 1. The summed E-state index contributed by atoms with van der Waals surface area (Å²) in [6.07, 6.45) is 2.38. The van der Waals surface area contributed by atoms with Gasteiger partial charge in [-0.15, -0.1) is 10.2 Å². The molecule has 1 N–H and O–H groups in total. The molecule has 1 amide bonds. The van der Waals surface area contributed by atoms with Crippen LogP contribution in [0.5, 0.6) is 0 Å². The van der Waals surface area contributed by atoms with Crippen LogP contribution in [0.3, 0.4) is 0 Å². The summed E-state index contributed by atoms with van der Waals surface area (Å²) in [5.41, 5.74) is 0. The van der Waals surface area contributed by atoms with Crippen LogP contribution < -0.4 is 5.32 Å². The van der Waals surface area contributed by atoms with Gasteiger partial charge in [-0.3, -0.25) is 15.0 Å². The standard InChI is InChI=1S/C10H16N4OS/c1-7(14-5-3-4-6-14)9(15)11-10-13-12-8(2)16-10/h7H,3-6H2,1-2H3,(H,11,13,15). The summed E-state index contributed by atoms with van der Waals surface area (Å²) in [4.78, 5) is 14.1. The minimum absolute atomic E-state index is 0.0121. The van der Waals surface area contributed by atoms with E-state index in [9.17, 15) is 4.79 Å². The number of hydrogen-bond donors (Lipinski definition) is 1. The molecule has 0 aromatic carbocycles. The van der Waals surface area contributed by atoms with Crippen LogP contribution in [0, 0.1) is 6.92 Å². The van der Waals surface area contributed by atoms with Crippen LogP contribution in [0.2, 0.25) is 0 Å². The summed E-state index contributed by atoms with van der Waals surface area (Å²) in [6.45, 7) is 5.85. The number of aryl methyl sites for hydroxylation is 1. The number of aromatic nitrogens is 2. The third kappa shape index (κ3) is 2.56. The minimum atomic E-state index is -0.0771. The van der Waals surface area contributed by atoms with Gasteiger partial charge in [0.25, 0.3) is 0 Å². The molecule has 1 unspecified atom stereocenters. The van der Waals surface area contributed by atoms with Gasteiger partial charge in [-0.25, -0.2) is 0 Å². The molecule has 1 saturated heterocycles.